The van der Waals surface area contributed by atoms with Gasteiger partial charge in [0.15, 0.2) is 0 Å². The Hall–Kier alpha value is 0.267. The average Bonchev–Trinajstić information content (AvgIpc) is 3.01. The van der Waals surface area contributed by atoms with E-state index in [9.17, 15) is 4.79 Å². The van der Waals surface area contributed by atoms with Crippen molar-refractivity contribution < 1.29 is 9.90 Å². The summed E-state index contributed by atoms with van der Waals surface area (Å²) in [6.45, 7) is 0.191. The zero-order valence-corrected chi connectivity index (χ0v) is 33.7. The number of carboxylic acids is 1. The molecule has 0 heterocycles. The normalized spacial score (nSPS) is 11.9. The molecule has 0 bridgehead atoms. The van der Waals surface area contributed by atoms with Crippen molar-refractivity contribution in [3.05, 3.63) is 0 Å². The number of hydrogen-bond acceptors (Lipinski definition) is 1. The Morgan fingerprint density at radius 2 is 0.500 bits per heavy atom. The fourth-order valence-electron chi connectivity index (χ4n) is 6.90. The van der Waals surface area contributed by atoms with Gasteiger partial charge in [0, 0.05) is 6.42 Å². The van der Waals surface area contributed by atoms with E-state index in [2.05, 4.69) is 0 Å². The summed E-state index contributed by atoms with van der Waals surface area (Å²) in [5.41, 5.74) is 0. The average molecular weight is 706 g/mol. The van der Waals surface area contributed by atoms with E-state index in [-0.39, 0.29) is 0 Å². The standard InChI is InChI=1S/C41H82Cl2O2Si/c1-46(42,43)40-38-36-34-32-30-28-26-24-22-20-18-16-14-12-10-8-6-4-2-3-5-7-9-11-13-15-17-19-21-23-25-27-29-31-33-35-37-39-41(44)45/h2-40H2,1H3,(H,44,45). The van der Waals surface area contributed by atoms with Gasteiger partial charge >= 0.3 is 5.97 Å². The summed E-state index contributed by atoms with van der Waals surface area (Å²) in [5, 5.41) is 8.65. The Bertz CT molecular complexity index is 596. The molecular formula is C41H82Cl2O2Si. The smallest absolute Gasteiger partial charge is 0.303 e. The molecule has 0 unspecified atom stereocenters. The van der Waals surface area contributed by atoms with Crippen LogP contribution in [0.5, 0.6) is 0 Å². The molecule has 0 aliphatic heterocycles. The number of unbranched alkanes of at least 4 members (excludes halogenated alkanes) is 36. The Morgan fingerprint density at radius 3 is 0.652 bits per heavy atom. The first-order valence-corrected chi connectivity index (χ1v) is 25.7. The highest BCUT2D eigenvalue weighted by Gasteiger charge is 2.19. The minimum Gasteiger partial charge on any atom is -0.481 e. The van der Waals surface area contributed by atoms with E-state index in [1.807, 2.05) is 6.55 Å². The third-order valence-corrected chi connectivity index (χ3v) is 12.4. The number of carbonyl (C=O) groups is 1. The van der Waals surface area contributed by atoms with Crippen molar-refractivity contribution in [2.24, 2.45) is 0 Å². The fraction of sp³-hybridized carbons (Fsp3) is 0.976. The summed E-state index contributed by atoms with van der Waals surface area (Å²) in [7, 11) is 0. The quantitative estimate of drug-likeness (QED) is 0.0391. The molecule has 0 rings (SSSR count). The SMILES string of the molecule is C[Si](Cl)(Cl)CCCCCCCCCCCCCCCCCCCCCCCCCCCCCCCCCCCCCCCC(=O)O. The number of rotatable bonds is 40. The lowest BCUT2D eigenvalue weighted by Crippen LogP contribution is -2.11. The van der Waals surface area contributed by atoms with Crippen molar-refractivity contribution >= 4 is 34.8 Å². The van der Waals surface area contributed by atoms with E-state index in [1.165, 1.54) is 225 Å². The molecule has 0 aromatic carbocycles. The second-order valence-electron chi connectivity index (χ2n) is 15.0. The maximum atomic E-state index is 10.5. The summed E-state index contributed by atoms with van der Waals surface area (Å²) in [6.07, 6.45) is 52.0. The molecule has 1 N–H and O–H groups in total. The van der Waals surface area contributed by atoms with Crippen molar-refractivity contribution in [2.75, 3.05) is 0 Å². The molecule has 0 radical (unpaired) electrons. The van der Waals surface area contributed by atoms with Gasteiger partial charge in [0.2, 0.25) is 6.69 Å². The van der Waals surface area contributed by atoms with Crippen LogP contribution in [0.15, 0.2) is 0 Å². The molecule has 0 fully saturated rings. The van der Waals surface area contributed by atoms with Crippen LogP contribution in [0.3, 0.4) is 0 Å². The van der Waals surface area contributed by atoms with Crippen molar-refractivity contribution in [3.63, 3.8) is 0 Å². The maximum absolute atomic E-state index is 10.5. The van der Waals surface area contributed by atoms with E-state index < -0.39 is 12.7 Å². The van der Waals surface area contributed by atoms with Gasteiger partial charge in [0.05, 0.1) is 0 Å². The molecule has 0 aliphatic carbocycles. The maximum Gasteiger partial charge on any atom is 0.303 e. The minimum absolute atomic E-state index is 0.344. The molecule has 0 saturated carbocycles. The molecule has 0 spiro atoms. The van der Waals surface area contributed by atoms with Gasteiger partial charge in [-0.3, -0.25) is 4.79 Å². The summed E-state index contributed by atoms with van der Waals surface area (Å²) in [5.74, 6) is -0.649. The van der Waals surface area contributed by atoms with E-state index in [0.29, 0.717) is 6.42 Å². The summed E-state index contributed by atoms with van der Waals surface area (Å²) < 4.78 is 0. The second-order valence-corrected chi connectivity index (χ2v) is 23.3. The van der Waals surface area contributed by atoms with E-state index >= 15 is 0 Å². The molecule has 46 heavy (non-hydrogen) atoms. The largest absolute Gasteiger partial charge is 0.481 e. The molecule has 5 heteroatoms. The van der Waals surface area contributed by atoms with Gasteiger partial charge in [0.25, 0.3) is 0 Å². The van der Waals surface area contributed by atoms with Crippen LogP contribution >= 0.6 is 22.2 Å². The number of halogens is 2. The highest BCUT2D eigenvalue weighted by atomic mass is 35.7. The molecule has 0 saturated heterocycles. The number of aliphatic carboxylic acids is 1. The first kappa shape index (κ1) is 46.3. The van der Waals surface area contributed by atoms with Crippen LogP contribution in [0.2, 0.25) is 12.6 Å². The molecule has 276 valence electrons. The third-order valence-electron chi connectivity index (χ3n) is 10.0. The lowest BCUT2D eigenvalue weighted by Gasteiger charge is -2.09. The van der Waals surface area contributed by atoms with Crippen LogP contribution < -0.4 is 0 Å². The number of hydrogen-bond donors (Lipinski definition) is 1. The summed E-state index contributed by atoms with van der Waals surface area (Å²) in [6, 6.07) is 1.06. The van der Waals surface area contributed by atoms with E-state index in [1.54, 1.807) is 0 Å². The van der Waals surface area contributed by atoms with Gasteiger partial charge in [-0.25, -0.2) is 0 Å². The predicted molar refractivity (Wildman–Crippen MR) is 211 cm³/mol. The zero-order valence-electron chi connectivity index (χ0n) is 31.2. The second kappa shape index (κ2) is 38.1. The van der Waals surface area contributed by atoms with Crippen molar-refractivity contribution in [1.29, 1.82) is 0 Å². The van der Waals surface area contributed by atoms with Crippen LogP contribution in [-0.2, 0) is 4.79 Å². The number of carboxylic acid groups (broad SMARTS) is 1. The van der Waals surface area contributed by atoms with Crippen LogP contribution in [0.4, 0.5) is 0 Å². The first-order chi connectivity index (χ1) is 22.4. The van der Waals surface area contributed by atoms with Crippen LogP contribution in [0, 0.1) is 0 Å². The van der Waals surface area contributed by atoms with Gasteiger partial charge in [-0.2, -0.15) is 0 Å². The Morgan fingerprint density at radius 1 is 0.348 bits per heavy atom. The molecule has 2 nitrogen and oxygen atoms in total. The lowest BCUT2D eigenvalue weighted by atomic mass is 10.0. The monoisotopic (exact) mass is 705 g/mol. The fourth-order valence-corrected chi connectivity index (χ4v) is 8.57. The molecule has 0 atom stereocenters. The topological polar surface area (TPSA) is 37.3 Å². The lowest BCUT2D eigenvalue weighted by molar-refractivity contribution is -0.137. The van der Waals surface area contributed by atoms with Crippen molar-refractivity contribution in [3.8, 4) is 0 Å². The molecule has 0 amide bonds. The van der Waals surface area contributed by atoms with E-state index in [0.717, 1.165) is 18.9 Å². The van der Waals surface area contributed by atoms with Crippen LogP contribution in [0.1, 0.15) is 244 Å². The zero-order chi connectivity index (χ0) is 33.7. The Labute approximate surface area is 300 Å². The molecule has 0 aromatic rings. The van der Waals surface area contributed by atoms with Crippen LogP contribution in [-0.4, -0.2) is 17.8 Å². The summed E-state index contributed by atoms with van der Waals surface area (Å²) in [4.78, 5) is 10.5. The van der Waals surface area contributed by atoms with Gasteiger partial charge in [-0.15, -0.1) is 22.2 Å². The van der Waals surface area contributed by atoms with E-state index in [4.69, 9.17) is 27.3 Å². The Balaban J connectivity index is 3.06. The minimum atomic E-state index is -1.85. The van der Waals surface area contributed by atoms with Gasteiger partial charge in [-0.05, 0) is 19.0 Å². The van der Waals surface area contributed by atoms with Crippen LogP contribution in [0.25, 0.3) is 0 Å². The van der Waals surface area contributed by atoms with Crippen molar-refractivity contribution in [2.45, 2.75) is 257 Å². The van der Waals surface area contributed by atoms with Crippen molar-refractivity contribution in [1.82, 2.24) is 0 Å². The highest BCUT2D eigenvalue weighted by Crippen LogP contribution is 2.23. The molecule has 0 aliphatic rings. The van der Waals surface area contributed by atoms with Gasteiger partial charge < -0.3 is 5.11 Å². The highest BCUT2D eigenvalue weighted by molar-refractivity contribution is 7.44. The molecular weight excluding hydrogens is 623 g/mol. The van der Waals surface area contributed by atoms with Gasteiger partial charge in [0.1, 0.15) is 0 Å². The molecule has 0 aromatic heterocycles. The predicted octanol–water partition coefficient (Wildman–Crippen LogP) is 16.4. The third kappa shape index (κ3) is 44.3. The summed E-state index contributed by atoms with van der Waals surface area (Å²) >= 11 is 12.3. The first-order valence-electron chi connectivity index (χ1n) is 21.0. The van der Waals surface area contributed by atoms with Gasteiger partial charge in [-0.1, -0.05) is 231 Å². The Kier molecular flexibility index (Phi) is 38.3.